The second kappa shape index (κ2) is 23.9. The third-order valence-corrected chi connectivity index (χ3v) is 15.0. The lowest BCUT2D eigenvalue weighted by Crippen LogP contribution is -2.60. The van der Waals surface area contributed by atoms with Crippen LogP contribution in [0, 0.1) is 12.8 Å². The maximum atomic E-state index is 14.0. The third kappa shape index (κ3) is 13.0. The van der Waals surface area contributed by atoms with Crippen LogP contribution in [0.3, 0.4) is 0 Å². The number of fused-ring (bicyclic) bond motifs is 1. The zero-order valence-electron chi connectivity index (χ0n) is 43.1. The fourth-order valence-corrected chi connectivity index (χ4v) is 10.8. The number of methoxy groups -OCH3 is 2. The van der Waals surface area contributed by atoms with Crippen molar-refractivity contribution >= 4 is 89.9 Å². The number of rotatable bonds is 23. The number of hydrazine groups is 1. The molecule has 3 aromatic carbocycles. The fourth-order valence-electron chi connectivity index (χ4n) is 8.12. The summed E-state index contributed by atoms with van der Waals surface area (Å²) in [5, 5.41) is 9.19. The van der Waals surface area contributed by atoms with Gasteiger partial charge in [-0.3, -0.25) is 24.1 Å². The molecular weight excluding hydrogens is 1040 g/mol. The van der Waals surface area contributed by atoms with Gasteiger partial charge >= 0.3 is 32.0 Å². The molecule has 2 N–H and O–H groups in total. The number of benzene rings is 3. The van der Waals surface area contributed by atoms with Gasteiger partial charge < -0.3 is 43.4 Å². The van der Waals surface area contributed by atoms with E-state index in [1.807, 2.05) is 36.4 Å². The zero-order valence-corrected chi connectivity index (χ0v) is 45.5. The van der Waals surface area contributed by atoms with E-state index in [1.165, 1.54) is 30.1 Å². The van der Waals surface area contributed by atoms with E-state index in [2.05, 4.69) is 20.9 Å². The van der Waals surface area contributed by atoms with E-state index in [4.69, 9.17) is 52.8 Å². The first-order chi connectivity index (χ1) is 36.1. The van der Waals surface area contributed by atoms with Crippen molar-refractivity contribution in [1.82, 2.24) is 30.5 Å². The monoisotopic (exact) mass is 1100 g/mol. The van der Waals surface area contributed by atoms with E-state index in [-0.39, 0.29) is 92.2 Å². The number of aryl methyl sites for hydroxylation is 1. The Bertz CT molecular complexity index is 2880. The second-order valence-corrected chi connectivity index (χ2v) is 22.0. The molecule has 0 saturated carbocycles. The van der Waals surface area contributed by atoms with Crippen LogP contribution in [0.1, 0.15) is 86.1 Å². The van der Waals surface area contributed by atoms with Crippen molar-refractivity contribution in [2.45, 2.75) is 95.5 Å². The lowest BCUT2D eigenvalue weighted by molar-refractivity contribution is -0.179. The Morgan fingerprint density at radius 2 is 1.55 bits per heavy atom. The smallest absolute Gasteiger partial charge is 0.378 e. The molecule has 1 aromatic heterocycles. The summed E-state index contributed by atoms with van der Waals surface area (Å²) >= 11 is 9.04. The number of hydrogen-bond acceptors (Lipinski definition) is 18. The molecule has 4 aromatic rings. The van der Waals surface area contributed by atoms with Crippen LogP contribution in [0.2, 0.25) is 5.02 Å². The van der Waals surface area contributed by atoms with Crippen molar-refractivity contribution in [2.24, 2.45) is 11.1 Å². The standard InChI is InChI=1S/C51H57BClN7O14S2/c1-29-55-36(27-75-29)41(57-74-50(5,6)45(64)72-49(2,3)4)38(62)24-35-43(63)58-28-51(46(65)73-52,76-44(35)58)59-22-23-60(48(59)67)56-47(66)54-21-9-10-37(61)34-19-20-39(70-25-30-11-15-32(68-7)16-12-30)42(40(34)53)71-26-31-13-17-33(69-8)18-14-31/h11-20,27,35,44H,9-10,21-26,28H2,1-8H3,(H2,54,56,66)/b57-41-/t35-,44-,51-/m1/s1. The summed E-state index contributed by atoms with van der Waals surface area (Å²) in [5.74, 6) is -2.30. The summed E-state index contributed by atoms with van der Waals surface area (Å²) in [5.41, 5.74) is 1.84. The SMILES string of the molecule is [B]OC(=O)[C@@]1(N2CCN(NC(=O)NCCCC(=O)c3ccc(OCc4ccc(OC)cc4)c(OCc4ccc(OC)cc4)c3Cl)C2=O)CN2C(=O)[C@@H](CC(=O)/C(=N\OC(C)(C)C(=O)OC(C)(C)C)c3csc(C)n3)[C@H]2S1. The number of oxime groups is 1. The molecule has 3 fully saturated rings. The first-order valence-electron chi connectivity index (χ1n) is 23.9. The molecule has 3 atom stereocenters. The molecule has 21 nitrogen and oxygen atoms in total. The molecule has 3 aliphatic rings. The minimum atomic E-state index is -1.84. The predicted molar refractivity (Wildman–Crippen MR) is 280 cm³/mol. The predicted octanol–water partition coefficient (Wildman–Crippen LogP) is 6.55. The summed E-state index contributed by atoms with van der Waals surface area (Å²) in [6.07, 6.45) is -0.227. The van der Waals surface area contributed by atoms with E-state index >= 15 is 0 Å². The Labute approximate surface area is 453 Å². The number of carbonyl (C=O) groups excluding carboxylic acids is 7. The lowest BCUT2D eigenvalue weighted by atomic mass is 9.90. The first-order valence-corrected chi connectivity index (χ1v) is 26.1. The largest absolute Gasteiger partial charge is 0.541 e. The van der Waals surface area contributed by atoms with Gasteiger partial charge in [-0.1, -0.05) is 52.8 Å². The molecule has 4 heterocycles. The van der Waals surface area contributed by atoms with Crippen molar-refractivity contribution in [1.29, 1.82) is 0 Å². The molecule has 0 unspecified atom stereocenters. The van der Waals surface area contributed by atoms with Gasteiger partial charge in [0, 0.05) is 36.9 Å². The molecule has 2 radical (unpaired) electrons. The number of urea groups is 2. The van der Waals surface area contributed by atoms with E-state index in [9.17, 15) is 33.6 Å². The van der Waals surface area contributed by atoms with Gasteiger partial charge in [0.25, 0.3) is 0 Å². The Kier molecular flexibility index (Phi) is 17.8. The van der Waals surface area contributed by atoms with Crippen LogP contribution in [-0.4, -0.2) is 137 Å². The van der Waals surface area contributed by atoms with Gasteiger partial charge in [-0.2, -0.15) is 0 Å². The minimum absolute atomic E-state index is 0.0189. The van der Waals surface area contributed by atoms with Crippen LogP contribution in [0.15, 0.2) is 71.2 Å². The van der Waals surface area contributed by atoms with Crippen molar-refractivity contribution < 1.29 is 66.7 Å². The van der Waals surface area contributed by atoms with Gasteiger partial charge in [-0.15, -0.1) is 11.3 Å². The number of Topliss-reactive ketones (excluding diaryl/α,β-unsaturated/α-hetero) is 2. The number of ketones is 2. The number of ether oxygens (including phenoxy) is 5. The summed E-state index contributed by atoms with van der Waals surface area (Å²) in [6, 6.07) is 16.2. The summed E-state index contributed by atoms with van der Waals surface area (Å²) in [6.45, 7) is 9.52. The van der Waals surface area contributed by atoms with Crippen molar-refractivity contribution in [3.8, 4) is 23.0 Å². The molecule has 7 rings (SSSR count). The Hall–Kier alpha value is -7.05. The number of aromatic nitrogens is 1. The van der Waals surface area contributed by atoms with Crippen LogP contribution < -0.4 is 29.7 Å². The normalized spacial score (nSPS) is 18.3. The number of thioether (sulfide) groups is 1. The number of nitrogens with zero attached hydrogens (tertiary/aromatic N) is 5. The minimum Gasteiger partial charge on any atom is -0.541 e. The molecule has 0 bridgehead atoms. The third-order valence-electron chi connectivity index (χ3n) is 12.2. The van der Waals surface area contributed by atoms with E-state index < -0.39 is 63.1 Å². The van der Waals surface area contributed by atoms with Gasteiger partial charge in [-0.25, -0.2) is 29.8 Å². The summed E-state index contributed by atoms with van der Waals surface area (Å²) < 4.78 is 33.0. The Morgan fingerprint density at radius 3 is 2.14 bits per heavy atom. The first kappa shape index (κ1) is 56.7. The van der Waals surface area contributed by atoms with Gasteiger partial charge in [0.15, 0.2) is 28.8 Å². The van der Waals surface area contributed by atoms with Crippen LogP contribution in [-0.2, 0) is 46.6 Å². The fraction of sp³-hybridized carbons (Fsp3) is 0.431. The molecule has 0 aliphatic carbocycles. The molecule has 0 spiro atoms. The maximum absolute atomic E-state index is 14.0. The number of carbonyl (C=O) groups is 7. The number of β-lactam (4-membered cyclic amide) rings is 1. The van der Waals surface area contributed by atoms with Gasteiger partial charge in [0.05, 0.1) is 48.6 Å². The molecule has 5 amide bonds. The van der Waals surface area contributed by atoms with Gasteiger partial charge in [0.2, 0.25) is 16.4 Å². The molecule has 76 heavy (non-hydrogen) atoms. The highest BCUT2D eigenvalue weighted by atomic mass is 35.5. The highest BCUT2D eigenvalue weighted by Crippen LogP contribution is 2.53. The van der Waals surface area contributed by atoms with Crippen LogP contribution in [0.5, 0.6) is 23.0 Å². The Balaban J connectivity index is 0.943. The highest BCUT2D eigenvalue weighted by Gasteiger charge is 2.66. The molecular formula is C51H57BClN7O14S2. The van der Waals surface area contributed by atoms with Gasteiger partial charge in [0.1, 0.15) is 36.0 Å². The van der Waals surface area contributed by atoms with Crippen LogP contribution in [0.25, 0.3) is 0 Å². The zero-order chi connectivity index (χ0) is 55.1. The summed E-state index contributed by atoms with van der Waals surface area (Å²) in [4.78, 5) is 105. The summed E-state index contributed by atoms with van der Waals surface area (Å²) in [7, 11) is 8.57. The topological polar surface area (TPSA) is 243 Å². The average Bonchev–Trinajstić information content (AvgIpc) is 4.17. The van der Waals surface area contributed by atoms with Crippen LogP contribution in [0.4, 0.5) is 9.59 Å². The van der Waals surface area contributed by atoms with Crippen molar-refractivity contribution in [2.75, 3.05) is 40.4 Å². The molecule has 3 aliphatic heterocycles. The van der Waals surface area contributed by atoms with E-state index in [1.54, 1.807) is 71.6 Å². The molecule has 402 valence electrons. The number of halogens is 1. The Morgan fingerprint density at radius 1 is 0.908 bits per heavy atom. The van der Waals surface area contributed by atoms with Crippen molar-refractivity contribution in [3.63, 3.8) is 0 Å². The maximum Gasteiger partial charge on any atom is 0.378 e. The van der Waals surface area contributed by atoms with E-state index in [0.29, 0.717) is 22.3 Å². The number of thiazole rings is 1. The number of esters is 1. The molecule has 25 heteroatoms. The second-order valence-electron chi connectivity index (χ2n) is 19.2. The average molecular weight is 1100 g/mol. The number of hydrogen-bond donors (Lipinski definition) is 2. The van der Waals surface area contributed by atoms with Crippen molar-refractivity contribution in [3.05, 3.63) is 98.5 Å². The highest BCUT2D eigenvalue weighted by molar-refractivity contribution is 8.02. The quantitative estimate of drug-likeness (QED) is 0.0152. The lowest BCUT2D eigenvalue weighted by Gasteiger charge is -2.40. The van der Waals surface area contributed by atoms with Crippen LogP contribution >= 0.6 is 34.7 Å². The number of amides is 5. The van der Waals surface area contributed by atoms with Gasteiger partial charge in [-0.05, 0) is 95.5 Å². The van der Waals surface area contributed by atoms with E-state index in [0.717, 1.165) is 32.8 Å². The molecule has 3 saturated heterocycles. The number of nitrogens with one attached hydrogen (secondary N) is 2.